The summed E-state index contributed by atoms with van der Waals surface area (Å²) in [6.07, 6.45) is 1.62. The van der Waals surface area contributed by atoms with E-state index in [-0.39, 0.29) is 16.3 Å². The maximum absolute atomic E-state index is 13.6. The lowest BCUT2D eigenvalue weighted by Gasteiger charge is -2.31. The zero-order valence-corrected chi connectivity index (χ0v) is 15.4. The lowest BCUT2D eigenvalue weighted by atomic mass is 9.80. The Morgan fingerprint density at radius 3 is 2.19 bits per heavy atom. The molecule has 21 heavy (non-hydrogen) atoms. The molecule has 0 atom stereocenters. The summed E-state index contributed by atoms with van der Waals surface area (Å²) in [5, 5.41) is 1.86. The van der Waals surface area contributed by atoms with Crippen molar-refractivity contribution in [2.45, 2.75) is 12.8 Å². The predicted molar refractivity (Wildman–Crippen MR) is 95.3 cm³/mol. The van der Waals surface area contributed by atoms with Gasteiger partial charge in [0.2, 0.25) is 0 Å². The van der Waals surface area contributed by atoms with Crippen molar-refractivity contribution < 1.29 is 4.39 Å². The van der Waals surface area contributed by atoms with E-state index in [4.69, 9.17) is 11.6 Å². The first-order chi connectivity index (χ1) is 10.1. The Kier molecular flexibility index (Phi) is 6.27. The molecule has 2 aromatic carbocycles. The van der Waals surface area contributed by atoms with Crippen LogP contribution in [0.15, 0.2) is 48.5 Å². The van der Waals surface area contributed by atoms with Crippen LogP contribution in [0.25, 0.3) is 0 Å². The normalized spacial score (nSPS) is 11.6. The lowest BCUT2D eigenvalue weighted by molar-refractivity contribution is 0.385. The van der Waals surface area contributed by atoms with Crippen LogP contribution >= 0.6 is 43.5 Å². The quantitative estimate of drug-likeness (QED) is 0.486. The number of alkyl halides is 2. The third-order valence-corrected chi connectivity index (χ3v) is 6.39. The number of hydrogen-bond donors (Lipinski definition) is 0. The largest absolute Gasteiger partial charge is 0.205 e. The highest BCUT2D eigenvalue weighted by Crippen LogP contribution is 2.35. The van der Waals surface area contributed by atoms with Gasteiger partial charge in [0, 0.05) is 10.7 Å². The van der Waals surface area contributed by atoms with Crippen molar-refractivity contribution in [3.63, 3.8) is 0 Å². The van der Waals surface area contributed by atoms with E-state index in [9.17, 15) is 4.39 Å². The Balaban J connectivity index is 2.27. The number of hydrogen-bond acceptors (Lipinski definition) is 0. The second-order valence-electron chi connectivity index (χ2n) is 5.32. The summed E-state index contributed by atoms with van der Waals surface area (Å²) in [6.45, 7) is 0. The average Bonchev–Trinajstić information content (AvgIpc) is 2.52. The molecule has 0 bridgehead atoms. The summed E-state index contributed by atoms with van der Waals surface area (Å²) >= 11 is 13.4. The minimum absolute atomic E-state index is 0.0429. The zero-order chi connectivity index (χ0) is 15.3. The van der Waals surface area contributed by atoms with Crippen molar-refractivity contribution in [3.05, 3.63) is 70.5 Å². The second kappa shape index (κ2) is 7.75. The molecule has 112 valence electrons. The molecule has 2 rings (SSSR count). The molecule has 0 unspecified atom stereocenters. The van der Waals surface area contributed by atoms with Crippen LogP contribution in [0.1, 0.15) is 11.1 Å². The molecule has 2 aromatic rings. The van der Waals surface area contributed by atoms with Crippen molar-refractivity contribution in [2.24, 2.45) is 5.41 Å². The Bertz CT molecular complexity index is 583. The molecule has 0 amide bonds. The molecule has 0 radical (unpaired) electrons. The summed E-state index contributed by atoms with van der Waals surface area (Å²) < 4.78 is 13.6. The molecular weight excluding hydrogens is 418 g/mol. The monoisotopic (exact) mass is 432 g/mol. The number of halogens is 4. The summed E-state index contributed by atoms with van der Waals surface area (Å²) in [6, 6.07) is 15.3. The first-order valence-corrected chi connectivity index (χ1v) is 9.31. The van der Waals surface area contributed by atoms with Gasteiger partial charge in [-0.3, -0.25) is 0 Å². The molecule has 0 nitrogen and oxygen atoms in total. The van der Waals surface area contributed by atoms with Crippen LogP contribution in [0.2, 0.25) is 5.02 Å². The highest BCUT2D eigenvalue weighted by Gasteiger charge is 2.29. The summed E-state index contributed by atoms with van der Waals surface area (Å²) in [4.78, 5) is 0. The van der Waals surface area contributed by atoms with E-state index >= 15 is 0 Å². The number of rotatable bonds is 6. The molecule has 0 saturated heterocycles. The maximum atomic E-state index is 13.6. The fraction of sp³-hybridized carbons (Fsp3) is 0.294. The zero-order valence-electron chi connectivity index (χ0n) is 11.5. The summed E-state index contributed by atoms with van der Waals surface area (Å²) in [5.74, 6) is -0.355. The fourth-order valence-electron chi connectivity index (χ4n) is 2.41. The van der Waals surface area contributed by atoms with E-state index in [1.807, 2.05) is 24.3 Å². The Hall–Kier alpha value is -0.380. The van der Waals surface area contributed by atoms with Gasteiger partial charge < -0.3 is 0 Å². The molecule has 0 fully saturated rings. The summed E-state index contributed by atoms with van der Waals surface area (Å²) in [7, 11) is 0. The van der Waals surface area contributed by atoms with E-state index in [1.165, 1.54) is 11.6 Å². The fourth-order valence-corrected chi connectivity index (χ4v) is 4.32. The van der Waals surface area contributed by atoms with Crippen LogP contribution in [0.3, 0.4) is 0 Å². The van der Waals surface area contributed by atoms with Crippen LogP contribution in [0.4, 0.5) is 4.39 Å². The van der Waals surface area contributed by atoms with E-state index in [1.54, 1.807) is 6.07 Å². The van der Waals surface area contributed by atoms with Crippen molar-refractivity contribution in [2.75, 3.05) is 10.7 Å². The molecule has 0 aliphatic rings. The van der Waals surface area contributed by atoms with Crippen molar-refractivity contribution in [3.8, 4) is 0 Å². The van der Waals surface area contributed by atoms with Gasteiger partial charge in [-0.25, -0.2) is 4.39 Å². The maximum Gasteiger partial charge on any atom is 0.142 e. The van der Waals surface area contributed by atoms with Gasteiger partial charge in [-0.15, -0.1) is 0 Å². The Labute approximate surface area is 147 Å². The van der Waals surface area contributed by atoms with Gasteiger partial charge >= 0.3 is 0 Å². The van der Waals surface area contributed by atoms with E-state index < -0.39 is 0 Å². The minimum atomic E-state index is -0.355. The highest BCUT2D eigenvalue weighted by molar-refractivity contribution is 9.09. The van der Waals surface area contributed by atoms with Gasteiger partial charge in [0.25, 0.3) is 0 Å². The van der Waals surface area contributed by atoms with E-state index in [2.05, 4.69) is 44.0 Å². The molecule has 0 aliphatic carbocycles. The Morgan fingerprint density at radius 2 is 1.57 bits per heavy atom. The van der Waals surface area contributed by atoms with Crippen LogP contribution in [0.5, 0.6) is 0 Å². The summed E-state index contributed by atoms with van der Waals surface area (Å²) in [5.41, 5.74) is 2.08. The molecule has 0 aliphatic heterocycles. The third kappa shape index (κ3) is 4.30. The minimum Gasteiger partial charge on any atom is -0.205 e. The van der Waals surface area contributed by atoms with Gasteiger partial charge in [0.15, 0.2) is 0 Å². The number of benzene rings is 2. The molecule has 4 heteroatoms. The van der Waals surface area contributed by atoms with Crippen LogP contribution < -0.4 is 0 Å². The van der Waals surface area contributed by atoms with Gasteiger partial charge in [0.1, 0.15) is 5.82 Å². The van der Waals surface area contributed by atoms with Gasteiger partial charge in [-0.05, 0) is 35.4 Å². The molecular formula is C17H16Br2ClF. The second-order valence-corrected chi connectivity index (χ2v) is 6.82. The molecule has 0 saturated carbocycles. The van der Waals surface area contributed by atoms with Crippen molar-refractivity contribution in [1.29, 1.82) is 0 Å². The smallest absolute Gasteiger partial charge is 0.142 e. The van der Waals surface area contributed by atoms with Gasteiger partial charge in [-0.1, -0.05) is 85.9 Å². The third-order valence-electron chi connectivity index (χ3n) is 3.59. The van der Waals surface area contributed by atoms with Gasteiger partial charge in [-0.2, -0.15) is 0 Å². The predicted octanol–water partition coefficient (Wildman–Crippen LogP) is 6.04. The molecule has 0 spiro atoms. The van der Waals surface area contributed by atoms with Gasteiger partial charge in [0.05, 0.1) is 5.02 Å². The topological polar surface area (TPSA) is 0 Å². The molecule has 0 heterocycles. The highest BCUT2D eigenvalue weighted by atomic mass is 79.9. The van der Waals surface area contributed by atoms with Crippen molar-refractivity contribution in [1.82, 2.24) is 0 Å². The average molecular weight is 435 g/mol. The lowest BCUT2D eigenvalue weighted by Crippen LogP contribution is -2.30. The van der Waals surface area contributed by atoms with Crippen LogP contribution in [-0.2, 0) is 12.8 Å². The van der Waals surface area contributed by atoms with Crippen molar-refractivity contribution >= 4 is 43.5 Å². The first kappa shape index (κ1) is 17.0. The van der Waals surface area contributed by atoms with Crippen LogP contribution in [-0.4, -0.2) is 10.7 Å². The van der Waals surface area contributed by atoms with E-state index in [0.29, 0.717) is 0 Å². The Morgan fingerprint density at radius 1 is 0.905 bits per heavy atom. The first-order valence-electron chi connectivity index (χ1n) is 6.69. The molecule has 0 aromatic heterocycles. The SMILES string of the molecule is Fc1cccc(CC(CBr)(CBr)Cc2ccccc2)c1Cl. The molecule has 0 N–H and O–H groups in total. The van der Waals surface area contributed by atoms with Crippen LogP contribution in [0, 0.1) is 11.2 Å². The van der Waals surface area contributed by atoms with E-state index in [0.717, 1.165) is 29.1 Å². The standard InChI is InChI=1S/C17H16Br2ClF/c18-11-17(12-19,9-13-5-2-1-3-6-13)10-14-7-4-8-15(21)16(14)20/h1-8H,9-12H2.